The second-order valence-electron chi connectivity index (χ2n) is 5.69. The lowest BCUT2D eigenvalue weighted by molar-refractivity contribution is -0.139. The van der Waals surface area contributed by atoms with Crippen LogP contribution in [0.1, 0.15) is 18.3 Å². The lowest BCUT2D eigenvalue weighted by atomic mass is 10.1. The van der Waals surface area contributed by atoms with Crippen LogP contribution in [-0.2, 0) is 4.79 Å². The summed E-state index contributed by atoms with van der Waals surface area (Å²) in [7, 11) is 0. The van der Waals surface area contributed by atoms with E-state index in [1.807, 2.05) is 6.07 Å². The number of carboxylic acid groups (broad SMARTS) is 1. The highest BCUT2D eigenvalue weighted by atomic mass is 16.5. The van der Waals surface area contributed by atoms with Crippen molar-refractivity contribution in [3.05, 3.63) is 70.3 Å². The van der Waals surface area contributed by atoms with E-state index in [-0.39, 0.29) is 5.56 Å². The van der Waals surface area contributed by atoms with Crippen LogP contribution in [-0.4, -0.2) is 33.1 Å². The minimum absolute atomic E-state index is 0.228. The van der Waals surface area contributed by atoms with Gasteiger partial charge in [0.15, 0.2) is 6.61 Å². The molecule has 0 amide bonds. The zero-order chi connectivity index (χ0) is 18.7. The molecule has 0 aliphatic rings. The molecule has 1 heterocycles. The first-order valence-electron chi connectivity index (χ1n) is 7.94. The van der Waals surface area contributed by atoms with Crippen LogP contribution in [0.15, 0.2) is 58.4 Å². The number of aryl methyl sites for hydroxylation is 1. The minimum atomic E-state index is -1.04. The summed E-state index contributed by atoms with van der Waals surface area (Å²) >= 11 is 0. The van der Waals surface area contributed by atoms with E-state index in [2.05, 4.69) is 10.1 Å². The highest BCUT2D eigenvalue weighted by Gasteiger charge is 2.08. The van der Waals surface area contributed by atoms with Crippen LogP contribution >= 0.6 is 0 Å². The Morgan fingerprint density at radius 2 is 1.88 bits per heavy atom. The number of fused-ring (bicyclic) bond motifs is 1. The molecule has 0 spiro atoms. The van der Waals surface area contributed by atoms with E-state index in [4.69, 9.17) is 9.84 Å². The van der Waals surface area contributed by atoms with Crippen molar-refractivity contribution < 1.29 is 14.6 Å². The van der Waals surface area contributed by atoms with Crippen molar-refractivity contribution in [3.63, 3.8) is 0 Å². The summed E-state index contributed by atoms with van der Waals surface area (Å²) in [5.41, 5.74) is 1.82. The number of hydrogen-bond donors (Lipinski definition) is 1. The van der Waals surface area contributed by atoms with Crippen molar-refractivity contribution in [1.82, 2.24) is 9.66 Å². The van der Waals surface area contributed by atoms with Gasteiger partial charge in [0.05, 0.1) is 16.6 Å². The number of nitrogens with zero attached hydrogens (tertiary/aromatic N) is 3. The van der Waals surface area contributed by atoms with E-state index >= 15 is 0 Å². The second-order valence-corrected chi connectivity index (χ2v) is 5.69. The van der Waals surface area contributed by atoms with Gasteiger partial charge in [0.25, 0.3) is 5.56 Å². The third-order valence-corrected chi connectivity index (χ3v) is 3.80. The zero-order valence-corrected chi connectivity index (χ0v) is 14.3. The molecule has 3 aromatic rings. The van der Waals surface area contributed by atoms with E-state index in [1.165, 1.54) is 4.68 Å². The normalized spacial score (nSPS) is 11.5. The second kappa shape index (κ2) is 7.18. The van der Waals surface area contributed by atoms with Crippen LogP contribution in [0.25, 0.3) is 10.9 Å². The van der Waals surface area contributed by atoms with Crippen molar-refractivity contribution in [1.29, 1.82) is 0 Å². The summed E-state index contributed by atoms with van der Waals surface area (Å²) in [5.74, 6) is -0.0930. The Kier molecular flexibility index (Phi) is 4.79. The molecular formula is C19H17N3O4. The Labute approximate surface area is 149 Å². The number of hydrogen-bond acceptors (Lipinski definition) is 5. The smallest absolute Gasteiger partial charge is 0.341 e. The standard InChI is InChI=1S/C19H17N3O4/c1-12(14-7-9-15(10-8-14)26-11-18(23)24)21-22-13(2)20-17-6-4-3-5-16(17)19(22)25/h3-10H,11H2,1-2H3,(H,23,24)/b21-12+. The number of aromatic nitrogens is 2. The van der Waals surface area contributed by atoms with Crippen LogP contribution in [0.4, 0.5) is 0 Å². The maximum atomic E-state index is 12.7. The van der Waals surface area contributed by atoms with Gasteiger partial charge in [0.2, 0.25) is 0 Å². The fourth-order valence-electron chi connectivity index (χ4n) is 2.50. The topological polar surface area (TPSA) is 93.8 Å². The number of para-hydroxylation sites is 1. The lowest BCUT2D eigenvalue weighted by Crippen LogP contribution is -2.21. The molecule has 0 saturated heterocycles. The fourth-order valence-corrected chi connectivity index (χ4v) is 2.50. The van der Waals surface area contributed by atoms with Crippen molar-refractivity contribution in [2.75, 3.05) is 6.61 Å². The highest BCUT2D eigenvalue weighted by Crippen LogP contribution is 2.13. The molecule has 0 fully saturated rings. The van der Waals surface area contributed by atoms with Crippen LogP contribution in [0.3, 0.4) is 0 Å². The molecule has 0 saturated carbocycles. The molecule has 3 rings (SSSR count). The van der Waals surface area contributed by atoms with E-state index in [0.717, 1.165) is 5.56 Å². The van der Waals surface area contributed by atoms with Crippen LogP contribution in [0.5, 0.6) is 5.75 Å². The van der Waals surface area contributed by atoms with Crippen molar-refractivity contribution in [2.24, 2.45) is 5.10 Å². The Morgan fingerprint density at radius 3 is 2.58 bits per heavy atom. The number of benzene rings is 2. The van der Waals surface area contributed by atoms with Crippen molar-refractivity contribution in [3.8, 4) is 5.75 Å². The molecule has 0 radical (unpaired) electrons. The highest BCUT2D eigenvalue weighted by molar-refractivity contribution is 5.98. The molecule has 0 aliphatic heterocycles. The maximum absolute atomic E-state index is 12.7. The monoisotopic (exact) mass is 351 g/mol. The fraction of sp³-hybridized carbons (Fsp3) is 0.158. The van der Waals surface area contributed by atoms with Crippen LogP contribution < -0.4 is 10.3 Å². The van der Waals surface area contributed by atoms with Gasteiger partial charge in [-0.3, -0.25) is 4.79 Å². The Balaban J connectivity index is 1.94. The van der Waals surface area contributed by atoms with Gasteiger partial charge in [-0.05, 0) is 55.8 Å². The van der Waals surface area contributed by atoms with Gasteiger partial charge >= 0.3 is 5.97 Å². The number of carboxylic acids is 1. The van der Waals surface area contributed by atoms with Gasteiger partial charge in [-0.1, -0.05) is 12.1 Å². The summed E-state index contributed by atoms with van der Waals surface area (Å²) < 4.78 is 6.39. The number of carbonyl (C=O) groups is 1. The maximum Gasteiger partial charge on any atom is 0.341 e. The average Bonchev–Trinajstić information content (AvgIpc) is 2.63. The predicted octanol–water partition coefficient (Wildman–Crippen LogP) is 2.44. The summed E-state index contributed by atoms with van der Waals surface area (Å²) in [5, 5.41) is 13.5. The molecule has 2 aromatic carbocycles. The summed E-state index contributed by atoms with van der Waals surface area (Å²) in [6, 6.07) is 14.0. The molecule has 0 atom stereocenters. The molecule has 1 aromatic heterocycles. The average molecular weight is 351 g/mol. The number of ether oxygens (including phenoxy) is 1. The van der Waals surface area contributed by atoms with E-state index in [0.29, 0.717) is 28.2 Å². The van der Waals surface area contributed by atoms with Gasteiger partial charge in [-0.2, -0.15) is 9.78 Å². The predicted molar refractivity (Wildman–Crippen MR) is 97.9 cm³/mol. The molecule has 132 valence electrons. The van der Waals surface area contributed by atoms with Gasteiger partial charge in [0.1, 0.15) is 11.6 Å². The molecule has 0 aliphatic carbocycles. The van der Waals surface area contributed by atoms with E-state index in [9.17, 15) is 9.59 Å². The molecule has 7 heteroatoms. The van der Waals surface area contributed by atoms with Crippen molar-refractivity contribution in [2.45, 2.75) is 13.8 Å². The molecule has 1 N–H and O–H groups in total. The van der Waals surface area contributed by atoms with Gasteiger partial charge in [0, 0.05) is 0 Å². The van der Waals surface area contributed by atoms with E-state index < -0.39 is 12.6 Å². The third kappa shape index (κ3) is 3.61. The molecule has 0 bridgehead atoms. The van der Waals surface area contributed by atoms with E-state index in [1.54, 1.807) is 56.3 Å². The van der Waals surface area contributed by atoms with Crippen LogP contribution in [0, 0.1) is 6.92 Å². The third-order valence-electron chi connectivity index (χ3n) is 3.80. The van der Waals surface area contributed by atoms with Crippen LogP contribution in [0.2, 0.25) is 0 Å². The first-order chi connectivity index (χ1) is 12.5. The minimum Gasteiger partial charge on any atom is -0.482 e. The quantitative estimate of drug-likeness (QED) is 0.713. The molecular weight excluding hydrogens is 334 g/mol. The molecule has 7 nitrogen and oxygen atoms in total. The van der Waals surface area contributed by atoms with Gasteiger partial charge in [-0.15, -0.1) is 0 Å². The summed E-state index contributed by atoms with van der Waals surface area (Å²) in [6.45, 7) is 3.12. The molecule has 0 unspecified atom stereocenters. The Bertz CT molecular complexity index is 1050. The first-order valence-corrected chi connectivity index (χ1v) is 7.94. The largest absolute Gasteiger partial charge is 0.482 e. The summed E-state index contributed by atoms with van der Waals surface area (Å²) in [6.07, 6.45) is 0. The van der Waals surface area contributed by atoms with Gasteiger partial charge in [-0.25, -0.2) is 9.78 Å². The Morgan fingerprint density at radius 1 is 1.19 bits per heavy atom. The Hall–Kier alpha value is -3.48. The number of rotatable bonds is 5. The first kappa shape index (κ1) is 17.3. The van der Waals surface area contributed by atoms with Gasteiger partial charge < -0.3 is 9.84 Å². The zero-order valence-electron chi connectivity index (χ0n) is 14.3. The SMILES string of the molecule is C/C(=N\n1c(C)nc2ccccc2c1=O)c1ccc(OCC(=O)O)cc1. The van der Waals surface area contributed by atoms with Crippen molar-refractivity contribution >= 4 is 22.6 Å². The number of aliphatic carboxylic acids is 1. The molecule has 26 heavy (non-hydrogen) atoms. The summed E-state index contributed by atoms with van der Waals surface area (Å²) in [4.78, 5) is 27.6. The lowest BCUT2D eigenvalue weighted by Gasteiger charge is -2.08.